The highest BCUT2D eigenvalue weighted by molar-refractivity contribution is 7.92. The van der Waals surface area contributed by atoms with Gasteiger partial charge in [-0.3, -0.25) is 14.1 Å². The Hall–Kier alpha value is -2.39. The Morgan fingerprint density at radius 1 is 1.19 bits per heavy atom. The van der Waals surface area contributed by atoms with Crippen molar-refractivity contribution in [2.75, 3.05) is 11.8 Å². The summed E-state index contributed by atoms with van der Waals surface area (Å²) in [6.07, 6.45) is 0. The first-order chi connectivity index (χ1) is 12.2. The van der Waals surface area contributed by atoms with Crippen LogP contribution in [0, 0.1) is 5.82 Å². The Labute approximate surface area is 153 Å². The van der Waals surface area contributed by atoms with E-state index in [-0.39, 0.29) is 27.2 Å². The van der Waals surface area contributed by atoms with Gasteiger partial charge in [0.1, 0.15) is 16.5 Å². The number of sulfonamides is 1. The Morgan fingerprint density at radius 2 is 1.92 bits per heavy atom. The molecule has 1 N–H and O–H groups in total. The highest BCUT2D eigenvalue weighted by Gasteiger charge is 2.21. The summed E-state index contributed by atoms with van der Waals surface area (Å²) in [6, 6.07) is 8.11. The van der Waals surface area contributed by atoms with Crippen molar-refractivity contribution in [2.45, 2.75) is 24.8 Å². The monoisotopic (exact) mass is 396 g/mol. The van der Waals surface area contributed by atoms with E-state index in [1.807, 2.05) is 13.8 Å². The predicted octanol–water partition coefficient (Wildman–Crippen LogP) is 3.59. The highest BCUT2D eigenvalue weighted by atomic mass is 32.2. The maximum atomic E-state index is 13.5. The maximum Gasteiger partial charge on any atom is 0.308 e. The van der Waals surface area contributed by atoms with Crippen LogP contribution in [0.5, 0.6) is 5.75 Å². The summed E-state index contributed by atoms with van der Waals surface area (Å²) in [4.78, 5) is 11.7. The lowest BCUT2D eigenvalue weighted by Crippen LogP contribution is -2.15. The molecule has 3 rings (SSSR count). The topological polar surface area (TPSA) is 77.4 Å². The quantitative estimate of drug-likeness (QED) is 0.715. The summed E-state index contributed by atoms with van der Waals surface area (Å²) in [6.45, 7) is 3.81. The van der Waals surface area contributed by atoms with Crippen LogP contribution in [0.2, 0.25) is 0 Å². The fourth-order valence-corrected chi connectivity index (χ4v) is 4.94. The van der Waals surface area contributed by atoms with Gasteiger partial charge in [-0.1, -0.05) is 11.3 Å². The van der Waals surface area contributed by atoms with E-state index < -0.39 is 15.8 Å². The van der Waals surface area contributed by atoms with Gasteiger partial charge in [0.25, 0.3) is 10.0 Å². The summed E-state index contributed by atoms with van der Waals surface area (Å²) in [5.74, 6) is -0.649. The summed E-state index contributed by atoms with van der Waals surface area (Å²) in [5, 5.41) is 0. The lowest BCUT2D eigenvalue weighted by atomic mass is 10.3. The molecule has 9 heteroatoms. The van der Waals surface area contributed by atoms with Gasteiger partial charge in [0.15, 0.2) is 0 Å². The molecule has 138 valence electrons. The number of anilines is 1. The number of thiazole rings is 1. The third kappa shape index (κ3) is 3.32. The van der Waals surface area contributed by atoms with E-state index in [9.17, 15) is 17.6 Å². The van der Waals surface area contributed by atoms with Gasteiger partial charge < -0.3 is 4.74 Å². The number of halogens is 1. The van der Waals surface area contributed by atoms with E-state index in [4.69, 9.17) is 4.74 Å². The molecule has 3 aromatic rings. The SMILES string of the molecule is COc1ccc(F)cc1S(=O)(=O)Nc1ccc2c(c1)sc(=O)n2C(C)C. The minimum absolute atomic E-state index is 0.00431. The van der Waals surface area contributed by atoms with Gasteiger partial charge in [-0.25, -0.2) is 12.8 Å². The van der Waals surface area contributed by atoms with E-state index in [2.05, 4.69) is 4.72 Å². The third-order valence-corrected chi connectivity index (χ3v) is 6.12. The molecule has 1 aromatic heterocycles. The molecule has 0 fully saturated rings. The number of fused-ring (bicyclic) bond motifs is 1. The van der Waals surface area contributed by atoms with Crippen molar-refractivity contribution in [3.63, 3.8) is 0 Å². The summed E-state index contributed by atoms with van der Waals surface area (Å²) in [5.41, 5.74) is 1.02. The van der Waals surface area contributed by atoms with Crippen LogP contribution in [0.1, 0.15) is 19.9 Å². The van der Waals surface area contributed by atoms with Crippen molar-refractivity contribution >= 4 is 37.3 Å². The molecular formula is C17H17FN2O4S2. The molecule has 0 radical (unpaired) electrons. The first kappa shape index (κ1) is 18.4. The van der Waals surface area contributed by atoms with Gasteiger partial charge in [0.2, 0.25) is 0 Å². The molecule has 2 aromatic carbocycles. The molecule has 0 atom stereocenters. The molecule has 1 heterocycles. The van der Waals surface area contributed by atoms with Crippen LogP contribution in [0.4, 0.5) is 10.1 Å². The number of ether oxygens (including phenoxy) is 1. The van der Waals surface area contributed by atoms with Gasteiger partial charge in [0, 0.05) is 6.04 Å². The van der Waals surface area contributed by atoms with Gasteiger partial charge in [0.05, 0.1) is 23.0 Å². The normalized spacial score (nSPS) is 11.9. The largest absolute Gasteiger partial charge is 0.495 e. The van der Waals surface area contributed by atoms with Crippen molar-refractivity contribution in [1.29, 1.82) is 0 Å². The van der Waals surface area contributed by atoms with Gasteiger partial charge >= 0.3 is 4.87 Å². The first-order valence-electron chi connectivity index (χ1n) is 7.74. The number of methoxy groups -OCH3 is 1. The van der Waals surface area contributed by atoms with Gasteiger partial charge in [-0.2, -0.15) is 0 Å². The number of rotatable bonds is 5. The Balaban J connectivity index is 2.03. The fraction of sp³-hybridized carbons (Fsp3) is 0.235. The molecule has 0 aliphatic carbocycles. The zero-order valence-corrected chi connectivity index (χ0v) is 15.9. The smallest absolute Gasteiger partial charge is 0.308 e. The van der Waals surface area contributed by atoms with Crippen molar-refractivity contribution in [1.82, 2.24) is 4.57 Å². The van der Waals surface area contributed by atoms with Crippen molar-refractivity contribution in [3.8, 4) is 5.75 Å². The summed E-state index contributed by atoms with van der Waals surface area (Å²) < 4.78 is 48.5. The Kier molecular flexibility index (Phi) is 4.76. The van der Waals surface area contributed by atoms with Gasteiger partial charge in [-0.15, -0.1) is 0 Å². The van der Waals surface area contributed by atoms with Crippen LogP contribution < -0.4 is 14.3 Å². The number of nitrogens with one attached hydrogen (secondary N) is 1. The van der Waals surface area contributed by atoms with Crippen LogP contribution in [0.25, 0.3) is 10.2 Å². The van der Waals surface area contributed by atoms with E-state index in [0.717, 1.165) is 29.0 Å². The van der Waals surface area contributed by atoms with Gasteiger partial charge in [-0.05, 0) is 50.2 Å². The summed E-state index contributed by atoms with van der Waals surface area (Å²) >= 11 is 1.04. The molecule has 6 nitrogen and oxygen atoms in total. The zero-order chi connectivity index (χ0) is 19.1. The lowest BCUT2D eigenvalue weighted by Gasteiger charge is -2.12. The van der Waals surface area contributed by atoms with Crippen LogP contribution in [0.3, 0.4) is 0 Å². The standard InChI is InChI=1S/C17H17FN2O4S2/c1-10(2)20-13-6-5-12(9-15(13)25-17(20)21)19-26(22,23)16-8-11(18)4-7-14(16)24-3/h4-10,19H,1-3H3. The number of aromatic nitrogens is 1. The molecule has 0 unspecified atom stereocenters. The Bertz CT molecular complexity index is 1130. The minimum Gasteiger partial charge on any atom is -0.495 e. The molecule has 0 amide bonds. The molecule has 0 spiro atoms. The molecule has 26 heavy (non-hydrogen) atoms. The second kappa shape index (κ2) is 6.73. The van der Waals surface area contributed by atoms with Crippen molar-refractivity contribution in [2.24, 2.45) is 0 Å². The lowest BCUT2D eigenvalue weighted by molar-refractivity contribution is 0.401. The van der Waals surface area contributed by atoms with E-state index in [0.29, 0.717) is 4.70 Å². The Morgan fingerprint density at radius 3 is 2.58 bits per heavy atom. The molecule has 0 bridgehead atoms. The van der Waals surface area contributed by atoms with Crippen LogP contribution in [-0.4, -0.2) is 20.1 Å². The minimum atomic E-state index is -4.06. The zero-order valence-electron chi connectivity index (χ0n) is 14.3. The molecule has 0 saturated carbocycles. The number of hydrogen-bond acceptors (Lipinski definition) is 5. The average Bonchev–Trinajstić information content (AvgIpc) is 2.89. The second-order valence-corrected chi connectivity index (χ2v) is 8.56. The maximum absolute atomic E-state index is 13.5. The molecular weight excluding hydrogens is 379 g/mol. The third-order valence-electron chi connectivity index (χ3n) is 3.80. The predicted molar refractivity (Wildman–Crippen MR) is 100 cm³/mol. The van der Waals surface area contributed by atoms with Crippen LogP contribution in [-0.2, 0) is 10.0 Å². The first-order valence-corrected chi connectivity index (χ1v) is 10.0. The molecule has 0 aliphatic heterocycles. The van der Waals surface area contributed by atoms with Crippen molar-refractivity contribution < 1.29 is 17.5 Å². The molecule has 0 saturated heterocycles. The fourth-order valence-electron chi connectivity index (χ4n) is 2.66. The highest BCUT2D eigenvalue weighted by Crippen LogP contribution is 2.29. The van der Waals surface area contributed by atoms with Crippen molar-refractivity contribution in [3.05, 3.63) is 51.9 Å². The average molecular weight is 396 g/mol. The van der Waals surface area contributed by atoms with E-state index in [1.54, 1.807) is 22.8 Å². The van der Waals surface area contributed by atoms with E-state index in [1.165, 1.54) is 13.2 Å². The number of nitrogens with zero attached hydrogens (tertiary/aromatic N) is 1. The van der Waals surface area contributed by atoms with Crippen LogP contribution >= 0.6 is 11.3 Å². The second-order valence-electron chi connectivity index (χ2n) is 5.91. The number of hydrogen-bond donors (Lipinski definition) is 1. The van der Waals surface area contributed by atoms with Crippen LogP contribution in [0.15, 0.2) is 46.1 Å². The van der Waals surface area contributed by atoms with E-state index >= 15 is 0 Å². The summed E-state index contributed by atoms with van der Waals surface area (Å²) in [7, 11) is -2.75. The number of benzene rings is 2. The molecule has 0 aliphatic rings.